The third kappa shape index (κ3) is 3.85. The van der Waals surface area contributed by atoms with Crippen molar-refractivity contribution in [2.75, 3.05) is 19.5 Å². The minimum absolute atomic E-state index is 0.248. The van der Waals surface area contributed by atoms with Crippen LogP contribution in [0.1, 0.15) is 21.5 Å². The predicted octanol–water partition coefficient (Wildman–Crippen LogP) is 5.12. The van der Waals surface area contributed by atoms with Gasteiger partial charge in [-0.3, -0.25) is 4.79 Å². The molecule has 1 heterocycles. The molecule has 0 saturated carbocycles. The van der Waals surface area contributed by atoms with Gasteiger partial charge in [-0.25, -0.2) is 4.98 Å². The van der Waals surface area contributed by atoms with E-state index < -0.39 is 0 Å². The maximum Gasteiger partial charge on any atom is 0.255 e. The molecule has 3 aromatic carbocycles. The Labute approximate surface area is 174 Å². The van der Waals surface area contributed by atoms with Crippen LogP contribution in [-0.2, 0) is 0 Å². The molecule has 2 N–H and O–H groups in total. The third-order valence-corrected chi connectivity index (χ3v) is 5.00. The van der Waals surface area contributed by atoms with Crippen LogP contribution in [0.3, 0.4) is 0 Å². The molecule has 0 spiro atoms. The van der Waals surface area contributed by atoms with Gasteiger partial charge in [0.1, 0.15) is 17.3 Å². The number of amides is 1. The van der Waals surface area contributed by atoms with Crippen molar-refractivity contribution in [1.82, 2.24) is 9.97 Å². The zero-order chi connectivity index (χ0) is 21.3. The van der Waals surface area contributed by atoms with Crippen molar-refractivity contribution in [2.45, 2.75) is 13.8 Å². The number of rotatable bonds is 5. The van der Waals surface area contributed by atoms with Crippen molar-refractivity contribution in [1.29, 1.82) is 0 Å². The highest BCUT2D eigenvalue weighted by Gasteiger charge is 2.13. The second kappa shape index (κ2) is 7.91. The number of carbonyl (C=O) groups excluding carboxylic acids is 1. The summed E-state index contributed by atoms with van der Waals surface area (Å²) in [7, 11) is 3.11. The zero-order valence-corrected chi connectivity index (χ0v) is 17.4. The van der Waals surface area contributed by atoms with Crippen LogP contribution in [-0.4, -0.2) is 30.1 Å². The number of nitrogens with one attached hydrogen (secondary N) is 2. The molecular weight excluding hydrogens is 378 g/mol. The molecule has 1 aromatic heterocycles. The van der Waals surface area contributed by atoms with Crippen molar-refractivity contribution in [3.05, 3.63) is 71.3 Å². The fourth-order valence-corrected chi connectivity index (χ4v) is 3.34. The van der Waals surface area contributed by atoms with E-state index in [0.29, 0.717) is 22.7 Å². The number of fused-ring (bicyclic) bond motifs is 1. The molecule has 6 heteroatoms. The van der Waals surface area contributed by atoms with E-state index in [2.05, 4.69) is 16.4 Å². The van der Waals surface area contributed by atoms with E-state index in [4.69, 9.17) is 14.5 Å². The number of aromatic amines is 1. The lowest BCUT2D eigenvalue weighted by atomic mass is 10.1. The van der Waals surface area contributed by atoms with Crippen LogP contribution in [0.15, 0.2) is 54.6 Å². The van der Waals surface area contributed by atoms with Crippen molar-refractivity contribution in [3.63, 3.8) is 0 Å². The maximum absolute atomic E-state index is 12.8. The van der Waals surface area contributed by atoms with Crippen molar-refractivity contribution >= 4 is 22.6 Å². The molecule has 0 radical (unpaired) electrons. The van der Waals surface area contributed by atoms with Gasteiger partial charge in [0.25, 0.3) is 5.91 Å². The first kappa shape index (κ1) is 19.5. The fraction of sp³-hybridized carbons (Fsp3) is 0.167. The molecule has 152 valence electrons. The molecule has 0 aliphatic heterocycles. The minimum Gasteiger partial charge on any atom is -0.497 e. The summed E-state index contributed by atoms with van der Waals surface area (Å²) >= 11 is 0. The summed E-state index contributed by atoms with van der Waals surface area (Å²) in [5.41, 5.74) is 6.19. The van der Waals surface area contributed by atoms with Crippen LogP contribution in [0.2, 0.25) is 0 Å². The molecule has 0 fully saturated rings. The molecule has 30 heavy (non-hydrogen) atoms. The Balaban J connectivity index is 1.65. The van der Waals surface area contributed by atoms with Gasteiger partial charge in [-0.2, -0.15) is 0 Å². The first-order valence-corrected chi connectivity index (χ1v) is 9.58. The van der Waals surface area contributed by atoms with Gasteiger partial charge in [0.15, 0.2) is 0 Å². The van der Waals surface area contributed by atoms with Crippen LogP contribution in [0.4, 0.5) is 5.69 Å². The highest BCUT2D eigenvalue weighted by molar-refractivity contribution is 6.05. The van der Waals surface area contributed by atoms with Gasteiger partial charge in [-0.05, 0) is 61.4 Å². The van der Waals surface area contributed by atoms with E-state index in [1.54, 1.807) is 32.4 Å². The summed E-state index contributed by atoms with van der Waals surface area (Å²) in [5.74, 6) is 1.64. The number of aromatic nitrogens is 2. The Hall–Kier alpha value is -3.80. The first-order valence-electron chi connectivity index (χ1n) is 9.58. The first-order chi connectivity index (χ1) is 14.5. The number of carbonyl (C=O) groups is 1. The fourth-order valence-electron chi connectivity index (χ4n) is 3.34. The number of aryl methyl sites for hydroxylation is 2. The van der Waals surface area contributed by atoms with Gasteiger partial charge >= 0.3 is 0 Å². The second-order valence-corrected chi connectivity index (χ2v) is 7.19. The Morgan fingerprint density at radius 3 is 2.37 bits per heavy atom. The van der Waals surface area contributed by atoms with Gasteiger partial charge in [-0.1, -0.05) is 12.1 Å². The SMILES string of the molecule is COc1cc(OC)cc(C(=O)Nc2ccc(C)c(-c3nc4cc(C)ccc4[nH]3)c2)c1. The van der Waals surface area contributed by atoms with E-state index in [9.17, 15) is 4.79 Å². The number of methoxy groups -OCH3 is 2. The van der Waals surface area contributed by atoms with Gasteiger partial charge in [-0.15, -0.1) is 0 Å². The van der Waals surface area contributed by atoms with Gasteiger partial charge in [0.05, 0.1) is 25.3 Å². The lowest BCUT2D eigenvalue weighted by molar-refractivity contribution is 0.102. The molecule has 0 unspecified atom stereocenters. The van der Waals surface area contributed by atoms with Crippen LogP contribution in [0, 0.1) is 13.8 Å². The number of anilines is 1. The number of benzene rings is 3. The van der Waals surface area contributed by atoms with E-state index >= 15 is 0 Å². The minimum atomic E-state index is -0.248. The molecule has 4 rings (SSSR count). The number of nitrogens with zero attached hydrogens (tertiary/aromatic N) is 1. The Kier molecular flexibility index (Phi) is 5.14. The van der Waals surface area contributed by atoms with Crippen molar-refractivity contribution in [3.8, 4) is 22.9 Å². The molecule has 6 nitrogen and oxygen atoms in total. The highest BCUT2D eigenvalue weighted by Crippen LogP contribution is 2.28. The normalized spacial score (nSPS) is 10.8. The molecule has 0 saturated heterocycles. The third-order valence-electron chi connectivity index (χ3n) is 5.00. The van der Waals surface area contributed by atoms with Crippen molar-refractivity contribution in [2.24, 2.45) is 0 Å². The summed E-state index contributed by atoms with van der Waals surface area (Å²) in [5, 5.41) is 2.95. The molecule has 0 bridgehead atoms. The largest absolute Gasteiger partial charge is 0.497 e. The summed E-state index contributed by atoms with van der Waals surface area (Å²) in [6.45, 7) is 4.06. The number of H-pyrrole nitrogens is 1. The Morgan fingerprint density at radius 1 is 0.933 bits per heavy atom. The predicted molar refractivity (Wildman–Crippen MR) is 119 cm³/mol. The topological polar surface area (TPSA) is 76.2 Å². The van der Waals surface area contributed by atoms with E-state index in [1.807, 2.05) is 44.2 Å². The molecular formula is C24H23N3O3. The number of hydrogen-bond acceptors (Lipinski definition) is 4. The van der Waals surface area contributed by atoms with Crippen LogP contribution in [0.25, 0.3) is 22.4 Å². The standard InChI is InChI=1S/C24H23N3O3/c1-14-5-8-21-22(9-14)27-23(26-21)20-12-17(7-6-15(20)2)25-24(28)16-10-18(29-3)13-19(11-16)30-4/h5-13H,1-4H3,(H,25,28)(H,26,27). The maximum atomic E-state index is 12.8. The van der Waals surface area contributed by atoms with Crippen molar-refractivity contribution < 1.29 is 14.3 Å². The average Bonchev–Trinajstić information content (AvgIpc) is 3.17. The molecule has 0 atom stereocenters. The smallest absolute Gasteiger partial charge is 0.255 e. The van der Waals surface area contributed by atoms with Crippen LogP contribution in [0.5, 0.6) is 11.5 Å². The van der Waals surface area contributed by atoms with E-state index in [0.717, 1.165) is 33.5 Å². The highest BCUT2D eigenvalue weighted by atomic mass is 16.5. The second-order valence-electron chi connectivity index (χ2n) is 7.19. The average molecular weight is 401 g/mol. The summed E-state index contributed by atoms with van der Waals surface area (Å²) in [4.78, 5) is 20.9. The van der Waals surface area contributed by atoms with Gasteiger partial charge < -0.3 is 19.8 Å². The van der Waals surface area contributed by atoms with Gasteiger partial charge in [0.2, 0.25) is 0 Å². The molecule has 4 aromatic rings. The molecule has 0 aliphatic carbocycles. The summed E-state index contributed by atoms with van der Waals surface area (Å²) in [6.07, 6.45) is 0. The van der Waals surface area contributed by atoms with Gasteiger partial charge in [0, 0.05) is 22.9 Å². The van der Waals surface area contributed by atoms with E-state index in [-0.39, 0.29) is 5.91 Å². The summed E-state index contributed by atoms with van der Waals surface area (Å²) in [6, 6.07) is 17.0. The van der Waals surface area contributed by atoms with Crippen LogP contribution < -0.4 is 14.8 Å². The molecule has 0 aliphatic rings. The zero-order valence-electron chi connectivity index (χ0n) is 17.4. The summed E-state index contributed by atoms with van der Waals surface area (Å²) < 4.78 is 10.5. The quantitative estimate of drug-likeness (QED) is 0.487. The number of ether oxygens (including phenoxy) is 2. The number of imidazole rings is 1. The Morgan fingerprint density at radius 2 is 1.67 bits per heavy atom. The Bertz CT molecular complexity index is 1220. The molecule has 1 amide bonds. The lowest BCUT2D eigenvalue weighted by Gasteiger charge is -2.11. The van der Waals surface area contributed by atoms with Crippen LogP contribution >= 0.6 is 0 Å². The lowest BCUT2D eigenvalue weighted by Crippen LogP contribution is -2.12. The number of hydrogen-bond donors (Lipinski definition) is 2. The monoisotopic (exact) mass is 401 g/mol. The van der Waals surface area contributed by atoms with E-state index in [1.165, 1.54) is 0 Å².